The van der Waals surface area contributed by atoms with Gasteiger partial charge in [0, 0.05) is 26.6 Å². The molecular formula is C56H38ClNS. The van der Waals surface area contributed by atoms with Crippen molar-refractivity contribution < 1.29 is 0 Å². The number of rotatable bonds is 5. The number of benzene rings is 9. The first-order valence-corrected chi connectivity index (χ1v) is 21.6. The summed E-state index contributed by atoms with van der Waals surface area (Å²) < 4.78 is 2.34. The lowest BCUT2D eigenvalue weighted by molar-refractivity contribution is 0.661. The van der Waals surface area contributed by atoms with E-state index in [1.807, 2.05) is 0 Å². The Morgan fingerprint density at radius 2 is 1.15 bits per heavy atom. The average Bonchev–Trinajstić information content (AvgIpc) is 3.90. The number of nitrogens with zero attached hydrogens (tertiary/aromatic N) is 1. The lowest BCUT2D eigenvalue weighted by Gasteiger charge is -2.36. The van der Waals surface area contributed by atoms with Crippen molar-refractivity contribution in [3.05, 3.63) is 233 Å². The zero-order valence-corrected chi connectivity index (χ0v) is 34.3. The van der Waals surface area contributed by atoms with E-state index in [1.54, 1.807) is 11.3 Å². The minimum absolute atomic E-state index is 0.251. The fraction of sp³-hybridized carbons (Fsp3) is 0.0714. The quantitative estimate of drug-likeness (QED) is 0.168. The van der Waals surface area contributed by atoms with Crippen LogP contribution in [-0.4, -0.2) is 0 Å². The van der Waals surface area contributed by atoms with E-state index in [9.17, 15) is 0 Å². The summed E-state index contributed by atoms with van der Waals surface area (Å²) in [7, 11) is 0. The highest BCUT2D eigenvalue weighted by atomic mass is 35.5. The van der Waals surface area contributed by atoms with Crippen LogP contribution in [0.25, 0.3) is 53.2 Å². The third-order valence-corrected chi connectivity index (χ3v) is 14.9. The van der Waals surface area contributed by atoms with Gasteiger partial charge in [-0.3, -0.25) is 0 Å². The van der Waals surface area contributed by atoms with E-state index in [0.29, 0.717) is 0 Å². The van der Waals surface area contributed by atoms with Gasteiger partial charge >= 0.3 is 0 Å². The number of fused-ring (bicyclic) bond motifs is 11. The molecule has 12 rings (SSSR count). The maximum Gasteiger partial charge on any atom is 0.0825 e. The second-order valence-electron chi connectivity index (χ2n) is 16.5. The second-order valence-corrected chi connectivity index (χ2v) is 17.9. The van der Waals surface area contributed by atoms with Gasteiger partial charge in [0.15, 0.2) is 0 Å². The van der Waals surface area contributed by atoms with Crippen molar-refractivity contribution in [2.75, 3.05) is 4.90 Å². The molecule has 1 heterocycles. The van der Waals surface area contributed by atoms with Crippen molar-refractivity contribution in [2.45, 2.75) is 24.7 Å². The first-order chi connectivity index (χ1) is 29.0. The molecule has 0 spiro atoms. The van der Waals surface area contributed by atoms with Gasteiger partial charge in [-0.25, -0.2) is 0 Å². The summed E-state index contributed by atoms with van der Waals surface area (Å²) in [6.45, 7) is 4.74. The maximum absolute atomic E-state index is 7.79. The van der Waals surface area contributed by atoms with Crippen molar-refractivity contribution in [3.8, 4) is 22.3 Å². The summed E-state index contributed by atoms with van der Waals surface area (Å²) in [5, 5.41) is 5.70. The van der Waals surface area contributed by atoms with Crippen LogP contribution in [0.3, 0.4) is 0 Å². The zero-order valence-electron chi connectivity index (χ0n) is 32.7. The van der Waals surface area contributed by atoms with E-state index >= 15 is 0 Å². The van der Waals surface area contributed by atoms with E-state index < -0.39 is 5.41 Å². The van der Waals surface area contributed by atoms with Crippen LogP contribution in [0.15, 0.2) is 194 Å². The van der Waals surface area contributed by atoms with Crippen LogP contribution in [0.4, 0.5) is 17.1 Å². The van der Waals surface area contributed by atoms with Crippen molar-refractivity contribution in [3.63, 3.8) is 0 Å². The molecule has 0 saturated heterocycles. The highest BCUT2D eigenvalue weighted by Gasteiger charge is 2.47. The topological polar surface area (TPSA) is 3.24 Å². The van der Waals surface area contributed by atoms with Gasteiger partial charge in [0.1, 0.15) is 0 Å². The lowest BCUT2D eigenvalue weighted by atomic mass is 9.67. The molecule has 0 saturated carbocycles. The first kappa shape index (κ1) is 34.6. The lowest BCUT2D eigenvalue weighted by Crippen LogP contribution is -2.29. The molecule has 0 N–H and O–H groups in total. The third-order valence-electron chi connectivity index (χ3n) is 13.2. The smallest absolute Gasteiger partial charge is 0.0825 e. The molecule has 0 radical (unpaired) electrons. The maximum atomic E-state index is 7.79. The van der Waals surface area contributed by atoms with Crippen LogP contribution in [0, 0.1) is 0 Å². The van der Waals surface area contributed by atoms with Gasteiger partial charge in [-0.15, -0.1) is 11.3 Å². The minimum atomic E-state index is -0.577. The van der Waals surface area contributed by atoms with E-state index in [4.69, 9.17) is 11.6 Å². The van der Waals surface area contributed by atoms with Gasteiger partial charge < -0.3 is 4.90 Å². The largest absolute Gasteiger partial charge is 0.309 e. The monoisotopic (exact) mass is 791 g/mol. The Labute approximate surface area is 353 Å². The molecule has 59 heavy (non-hydrogen) atoms. The fourth-order valence-corrected chi connectivity index (χ4v) is 12.2. The van der Waals surface area contributed by atoms with Crippen molar-refractivity contribution in [1.82, 2.24) is 0 Å². The van der Waals surface area contributed by atoms with E-state index in [0.717, 1.165) is 26.8 Å². The number of hydrogen-bond acceptors (Lipinski definition) is 2. The van der Waals surface area contributed by atoms with Gasteiger partial charge in [0.25, 0.3) is 0 Å². The Hall–Kier alpha value is -6.45. The molecule has 0 bridgehead atoms. The average molecular weight is 792 g/mol. The van der Waals surface area contributed by atoms with Crippen LogP contribution in [-0.2, 0) is 10.8 Å². The van der Waals surface area contributed by atoms with Gasteiger partial charge in [0.2, 0.25) is 0 Å². The number of halogens is 1. The molecule has 10 aromatic rings. The third kappa shape index (κ3) is 4.73. The van der Waals surface area contributed by atoms with Gasteiger partial charge in [-0.1, -0.05) is 189 Å². The molecule has 0 amide bonds. The highest BCUT2D eigenvalue weighted by molar-refractivity contribution is 7.26. The Morgan fingerprint density at radius 3 is 1.95 bits per heavy atom. The van der Waals surface area contributed by atoms with E-state index in [-0.39, 0.29) is 5.41 Å². The minimum Gasteiger partial charge on any atom is -0.309 e. The van der Waals surface area contributed by atoms with E-state index in [1.165, 1.54) is 81.9 Å². The van der Waals surface area contributed by atoms with Crippen LogP contribution in [0.2, 0.25) is 5.02 Å². The Balaban J connectivity index is 1.20. The molecule has 0 aliphatic heterocycles. The molecule has 9 aromatic carbocycles. The predicted molar refractivity (Wildman–Crippen MR) is 251 cm³/mol. The molecular weight excluding hydrogens is 754 g/mol. The normalized spacial score (nSPS) is 14.3. The summed E-state index contributed by atoms with van der Waals surface area (Å²) in [5.74, 6) is 0. The van der Waals surface area contributed by atoms with Crippen LogP contribution in [0.5, 0.6) is 0 Å². The van der Waals surface area contributed by atoms with Gasteiger partial charge in [-0.05, 0) is 96.7 Å². The van der Waals surface area contributed by atoms with Crippen molar-refractivity contribution in [1.29, 1.82) is 0 Å². The number of anilines is 3. The van der Waals surface area contributed by atoms with E-state index in [2.05, 4.69) is 213 Å². The molecule has 0 fully saturated rings. The highest BCUT2D eigenvalue weighted by Crippen LogP contribution is 2.60. The van der Waals surface area contributed by atoms with Gasteiger partial charge in [0.05, 0.1) is 26.5 Å². The van der Waals surface area contributed by atoms with Crippen LogP contribution < -0.4 is 4.90 Å². The first-order valence-electron chi connectivity index (χ1n) is 20.4. The Kier molecular flexibility index (Phi) is 7.49. The fourth-order valence-electron chi connectivity index (χ4n) is 10.7. The SMILES string of the molecule is CC1(C)c2ccccc2-c2cccc(N(c3ccc4c(c3)C(c3ccccc3)(c3ccccc3)c3ccc5ccccc5c3-4)c3ccc4c(sc5ccccc54)c3Cl)c21. The zero-order chi connectivity index (χ0) is 39.5. The van der Waals surface area contributed by atoms with Crippen LogP contribution >= 0.6 is 22.9 Å². The number of thiophene rings is 1. The Bertz CT molecular complexity index is 3280. The number of hydrogen-bond donors (Lipinski definition) is 0. The molecule has 0 atom stereocenters. The second kappa shape index (κ2) is 12.8. The summed E-state index contributed by atoms with van der Waals surface area (Å²) in [6, 6.07) is 71.8. The molecule has 3 heteroatoms. The standard InChI is InChI=1S/C56H38ClNS/c1-55(2)45-25-13-11-22-40(45)42-24-15-26-48(52(42)55)58(49-33-31-43-41-23-12-14-27-50(41)59-54(43)53(49)57)38-29-30-44-47(34-38)56(36-17-5-3-6-18-36,37-19-7-4-8-20-37)46-32-28-35-16-9-10-21-39(35)51(44)46/h3-34H,1-2H3. The predicted octanol–water partition coefficient (Wildman–Crippen LogP) is 16.0. The van der Waals surface area contributed by atoms with Gasteiger partial charge in [-0.2, -0.15) is 0 Å². The molecule has 1 nitrogen and oxygen atoms in total. The molecule has 280 valence electrons. The summed E-state index contributed by atoms with van der Waals surface area (Å²) in [6.07, 6.45) is 0. The summed E-state index contributed by atoms with van der Waals surface area (Å²) in [4.78, 5) is 2.46. The molecule has 1 aromatic heterocycles. The molecule has 2 aliphatic rings. The Morgan fingerprint density at radius 1 is 0.475 bits per heavy atom. The van der Waals surface area contributed by atoms with Crippen molar-refractivity contribution in [2.24, 2.45) is 0 Å². The molecule has 2 aliphatic carbocycles. The van der Waals surface area contributed by atoms with Crippen LogP contribution in [0.1, 0.15) is 47.2 Å². The molecule has 0 unspecified atom stereocenters. The van der Waals surface area contributed by atoms with Crippen molar-refractivity contribution >= 4 is 70.9 Å². The summed E-state index contributed by atoms with van der Waals surface area (Å²) >= 11 is 9.56. The summed E-state index contributed by atoms with van der Waals surface area (Å²) in [5.41, 5.74) is 15.2.